The third kappa shape index (κ3) is 20.9. The number of halogens is 1. The molecule has 3 nitrogen and oxygen atoms in total. The van der Waals surface area contributed by atoms with Crippen LogP contribution in [0.5, 0.6) is 0 Å². The van der Waals surface area contributed by atoms with E-state index in [1.165, 1.54) is 134 Å². The highest BCUT2D eigenvalue weighted by atomic mass is 79.9. The van der Waals surface area contributed by atoms with Crippen LogP contribution in [-0.2, 0) is 13.3 Å². The van der Waals surface area contributed by atoms with Gasteiger partial charge in [-0.25, -0.2) is 0 Å². The molecule has 0 aromatic carbocycles. The Morgan fingerprint density at radius 2 is 0.613 bits per heavy atom. The predicted molar refractivity (Wildman–Crippen MR) is 142 cm³/mol. The van der Waals surface area contributed by atoms with E-state index in [1.807, 2.05) is 0 Å². The van der Waals surface area contributed by atoms with Crippen molar-refractivity contribution in [2.24, 2.45) is 0 Å². The average molecular weight is 524 g/mol. The first-order valence-electron chi connectivity index (χ1n) is 13.5. The lowest BCUT2D eigenvalue weighted by Crippen LogP contribution is -2.42. The minimum absolute atomic E-state index is 0.939. The summed E-state index contributed by atoms with van der Waals surface area (Å²) in [7, 11) is 2.78. The number of hydrogen-bond donors (Lipinski definition) is 0. The SMILES string of the molecule is CO[Si](CCCCCCCCCCCCCCCCCCCCCCCBr)(OC)OC. The molecule has 5 heteroatoms. The van der Waals surface area contributed by atoms with E-state index in [0.29, 0.717) is 0 Å². The van der Waals surface area contributed by atoms with Crippen molar-refractivity contribution >= 4 is 24.7 Å². The fourth-order valence-electron chi connectivity index (χ4n) is 4.35. The van der Waals surface area contributed by atoms with Crippen LogP contribution in [0.3, 0.4) is 0 Å². The number of hydrogen-bond acceptors (Lipinski definition) is 3. The zero-order valence-electron chi connectivity index (χ0n) is 21.4. The first-order valence-corrected chi connectivity index (χ1v) is 16.5. The maximum atomic E-state index is 5.48. The minimum atomic E-state index is -2.33. The maximum absolute atomic E-state index is 5.48. The number of alkyl halides is 1. The molecular formula is C26H55BrO3Si. The van der Waals surface area contributed by atoms with Crippen LogP contribution in [-0.4, -0.2) is 35.5 Å². The molecule has 0 fully saturated rings. The van der Waals surface area contributed by atoms with Crippen LogP contribution < -0.4 is 0 Å². The van der Waals surface area contributed by atoms with Crippen LogP contribution in [0.15, 0.2) is 0 Å². The van der Waals surface area contributed by atoms with Gasteiger partial charge in [0.1, 0.15) is 0 Å². The molecule has 0 unspecified atom stereocenters. The molecular weight excluding hydrogens is 468 g/mol. The van der Waals surface area contributed by atoms with E-state index in [1.54, 1.807) is 21.3 Å². The molecule has 0 amide bonds. The van der Waals surface area contributed by atoms with Crippen LogP contribution in [0.4, 0.5) is 0 Å². The molecule has 31 heavy (non-hydrogen) atoms. The van der Waals surface area contributed by atoms with Gasteiger partial charge >= 0.3 is 8.80 Å². The lowest BCUT2D eigenvalue weighted by Gasteiger charge is -2.24. The van der Waals surface area contributed by atoms with Crippen molar-refractivity contribution in [2.45, 2.75) is 141 Å². The van der Waals surface area contributed by atoms with Gasteiger partial charge in [0.2, 0.25) is 0 Å². The van der Waals surface area contributed by atoms with E-state index in [0.717, 1.165) is 12.5 Å². The molecule has 0 aliphatic carbocycles. The Morgan fingerprint density at radius 1 is 0.387 bits per heavy atom. The molecule has 0 saturated heterocycles. The van der Waals surface area contributed by atoms with Crippen molar-refractivity contribution < 1.29 is 13.3 Å². The molecule has 0 aromatic heterocycles. The van der Waals surface area contributed by atoms with Gasteiger partial charge in [0.15, 0.2) is 0 Å². The maximum Gasteiger partial charge on any atom is 0.500 e. The van der Waals surface area contributed by atoms with E-state index < -0.39 is 8.80 Å². The van der Waals surface area contributed by atoms with E-state index >= 15 is 0 Å². The molecule has 188 valence electrons. The van der Waals surface area contributed by atoms with Crippen molar-refractivity contribution in [1.29, 1.82) is 0 Å². The summed E-state index contributed by atoms with van der Waals surface area (Å²) in [5, 5.41) is 1.18. The Morgan fingerprint density at radius 3 is 0.839 bits per heavy atom. The van der Waals surface area contributed by atoms with Crippen molar-refractivity contribution in [3.05, 3.63) is 0 Å². The quantitative estimate of drug-likeness (QED) is 0.0642. The molecule has 0 heterocycles. The van der Waals surface area contributed by atoms with E-state index in [2.05, 4.69) is 15.9 Å². The second-order valence-corrected chi connectivity index (χ2v) is 13.0. The average Bonchev–Trinajstić information content (AvgIpc) is 2.80. The summed E-state index contributed by atoms with van der Waals surface area (Å²) < 4.78 is 16.4. The zero-order chi connectivity index (χ0) is 22.9. The second-order valence-electron chi connectivity index (χ2n) is 9.16. The van der Waals surface area contributed by atoms with Gasteiger partial charge in [-0.1, -0.05) is 138 Å². The minimum Gasteiger partial charge on any atom is -0.377 e. The molecule has 0 radical (unpaired) electrons. The van der Waals surface area contributed by atoms with Crippen molar-refractivity contribution in [3.63, 3.8) is 0 Å². The summed E-state index contributed by atoms with van der Waals surface area (Å²) in [5.74, 6) is 0. The third-order valence-corrected chi connectivity index (χ3v) is 9.94. The Hall–Kier alpha value is 0.577. The van der Waals surface area contributed by atoms with Gasteiger partial charge in [0.05, 0.1) is 0 Å². The molecule has 0 aliphatic rings. The predicted octanol–water partition coefficient (Wildman–Crippen LogP) is 9.45. The van der Waals surface area contributed by atoms with Crippen molar-refractivity contribution in [3.8, 4) is 0 Å². The molecule has 0 bridgehead atoms. The summed E-state index contributed by atoms with van der Waals surface area (Å²) in [6.07, 6.45) is 29.6. The van der Waals surface area contributed by atoms with Crippen molar-refractivity contribution in [1.82, 2.24) is 0 Å². The molecule has 0 saturated carbocycles. The monoisotopic (exact) mass is 522 g/mol. The molecule has 0 rings (SSSR count). The first kappa shape index (κ1) is 31.6. The lowest BCUT2D eigenvalue weighted by atomic mass is 10.0. The van der Waals surface area contributed by atoms with Crippen molar-refractivity contribution in [2.75, 3.05) is 26.7 Å². The highest BCUT2D eigenvalue weighted by molar-refractivity contribution is 9.09. The smallest absolute Gasteiger partial charge is 0.377 e. The fourth-order valence-corrected chi connectivity index (χ4v) is 6.54. The molecule has 0 spiro atoms. The van der Waals surface area contributed by atoms with Gasteiger partial charge in [-0.2, -0.15) is 0 Å². The standard InChI is InChI=1S/C26H55BrO3Si/c1-28-31(29-2,30-3)26-24-22-20-18-16-14-12-10-8-6-4-5-7-9-11-13-15-17-19-21-23-25-27/h4-26H2,1-3H3. The number of unbranched alkanes of at least 4 members (excludes halogenated alkanes) is 20. The Balaban J connectivity index is 3.16. The lowest BCUT2D eigenvalue weighted by molar-refractivity contribution is 0.122. The van der Waals surface area contributed by atoms with Gasteiger partial charge in [0.25, 0.3) is 0 Å². The van der Waals surface area contributed by atoms with Crippen LogP contribution in [0, 0.1) is 0 Å². The highest BCUT2D eigenvalue weighted by Gasteiger charge is 2.36. The van der Waals surface area contributed by atoms with Gasteiger partial charge in [-0.3, -0.25) is 0 Å². The van der Waals surface area contributed by atoms with Gasteiger partial charge in [-0.15, -0.1) is 0 Å². The molecule has 0 N–H and O–H groups in total. The fraction of sp³-hybridized carbons (Fsp3) is 1.00. The summed E-state index contributed by atoms with van der Waals surface area (Å²) in [6, 6.07) is 0.939. The molecule has 0 aliphatic heterocycles. The summed E-state index contributed by atoms with van der Waals surface area (Å²) in [4.78, 5) is 0. The largest absolute Gasteiger partial charge is 0.500 e. The third-order valence-electron chi connectivity index (χ3n) is 6.55. The van der Waals surface area contributed by atoms with E-state index in [4.69, 9.17) is 13.3 Å². The normalized spacial score (nSPS) is 12.0. The topological polar surface area (TPSA) is 27.7 Å². The first-order chi connectivity index (χ1) is 15.2. The van der Waals surface area contributed by atoms with Gasteiger partial charge < -0.3 is 13.3 Å². The Kier molecular flexibility index (Phi) is 25.7. The van der Waals surface area contributed by atoms with Gasteiger partial charge in [-0.05, 0) is 12.8 Å². The summed E-state index contributed by atoms with van der Waals surface area (Å²) in [5.41, 5.74) is 0. The van der Waals surface area contributed by atoms with E-state index in [-0.39, 0.29) is 0 Å². The zero-order valence-corrected chi connectivity index (χ0v) is 24.0. The van der Waals surface area contributed by atoms with E-state index in [9.17, 15) is 0 Å². The summed E-state index contributed by atoms with van der Waals surface area (Å²) >= 11 is 3.51. The van der Waals surface area contributed by atoms with Gasteiger partial charge in [0, 0.05) is 32.7 Å². The summed E-state index contributed by atoms with van der Waals surface area (Å²) in [6.45, 7) is 0. The van der Waals surface area contributed by atoms with Crippen LogP contribution in [0.1, 0.15) is 135 Å². The van der Waals surface area contributed by atoms with Crippen LogP contribution in [0.25, 0.3) is 0 Å². The Labute approximate surface area is 205 Å². The van der Waals surface area contributed by atoms with Crippen LogP contribution >= 0.6 is 15.9 Å². The second kappa shape index (κ2) is 25.2. The molecule has 0 aromatic rings. The Bertz CT molecular complexity index is 332. The van der Waals surface area contributed by atoms with Crippen LogP contribution in [0.2, 0.25) is 6.04 Å². The number of rotatable bonds is 26. The molecule has 0 atom stereocenters. The highest BCUT2D eigenvalue weighted by Crippen LogP contribution is 2.19.